The van der Waals surface area contributed by atoms with Crippen LogP contribution in [0.4, 0.5) is 5.13 Å². The van der Waals surface area contributed by atoms with Crippen LogP contribution < -0.4 is 5.32 Å². The van der Waals surface area contributed by atoms with Crippen LogP contribution in [-0.2, 0) is 0 Å². The van der Waals surface area contributed by atoms with Crippen LogP contribution in [0.15, 0.2) is 54.7 Å². The number of benzene rings is 2. The fourth-order valence-electron chi connectivity index (χ4n) is 2.46. The maximum absolute atomic E-state index is 12.5. The number of amides is 1. The van der Waals surface area contributed by atoms with Crippen molar-refractivity contribution < 1.29 is 9.90 Å². The quantitative estimate of drug-likeness (QED) is 0.549. The number of fused-ring (bicyclic) bond motifs is 1. The Bertz CT molecular complexity index is 1110. The van der Waals surface area contributed by atoms with Crippen molar-refractivity contribution in [3.05, 3.63) is 65.3 Å². The van der Waals surface area contributed by atoms with Gasteiger partial charge in [0, 0.05) is 22.2 Å². The molecule has 0 spiro atoms. The van der Waals surface area contributed by atoms with E-state index < -0.39 is 5.91 Å². The van der Waals surface area contributed by atoms with E-state index in [0.717, 1.165) is 10.9 Å². The lowest BCUT2D eigenvalue weighted by atomic mass is 10.1. The molecular formula is C18H11ClN4O2S. The number of carbonyl (C=O) groups is 1. The second-order valence-electron chi connectivity index (χ2n) is 5.41. The van der Waals surface area contributed by atoms with E-state index in [1.54, 1.807) is 36.5 Å². The maximum atomic E-state index is 12.5. The van der Waals surface area contributed by atoms with Gasteiger partial charge in [0.15, 0.2) is 5.75 Å². The number of phenolic OH excluding ortho intramolecular Hbond substituents is 1. The summed E-state index contributed by atoms with van der Waals surface area (Å²) >= 11 is 7.11. The molecule has 0 aliphatic heterocycles. The first-order valence-corrected chi connectivity index (χ1v) is 8.79. The zero-order chi connectivity index (χ0) is 18.1. The number of aromatic nitrogens is 3. The Morgan fingerprint density at radius 3 is 2.69 bits per heavy atom. The summed E-state index contributed by atoms with van der Waals surface area (Å²) in [4.78, 5) is 16.6. The van der Waals surface area contributed by atoms with Gasteiger partial charge in [0.1, 0.15) is 10.5 Å². The number of phenols is 1. The summed E-state index contributed by atoms with van der Waals surface area (Å²) in [5, 5.41) is 23.4. The second-order valence-corrected chi connectivity index (χ2v) is 6.82. The molecule has 0 bridgehead atoms. The zero-order valence-electron chi connectivity index (χ0n) is 13.2. The molecule has 0 fully saturated rings. The highest BCUT2D eigenvalue weighted by atomic mass is 35.5. The Morgan fingerprint density at radius 2 is 1.88 bits per heavy atom. The topological polar surface area (TPSA) is 88.0 Å². The normalized spacial score (nSPS) is 10.8. The third-order valence-corrected chi connectivity index (χ3v) is 4.87. The lowest BCUT2D eigenvalue weighted by Gasteiger charge is -2.06. The Hall–Kier alpha value is -3.03. The Morgan fingerprint density at radius 1 is 1.08 bits per heavy atom. The zero-order valence-corrected chi connectivity index (χ0v) is 14.8. The van der Waals surface area contributed by atoms with Crippen LogP contribution in [0, 0.1) is 0 Å². The molecule has 2 aromatic heterocycles. The first-order chi connectivity index (χ1) is 12.6. The molecule has 0 atom stereocenters. The SMILES string of the molecule is O=C(Nc1nnc(-c2ccc(Cl)cc2)s1)c1ccc2cccnc2c1O. The van der Waals surface area contributed by atoms with Crippen LogP contribution >= 0.6 is 22.9 Å². The minimum absolute atomic E-state index is 0.124. The predicted molar refractivity (Wildman–Crippen MR) is 102 cm³/mol. The van der Waals surface area contributed by atoms with E-state index in [0.29, 0.717) is 20.7 Å². The number of hydrogen-bond acceptors (Lipinski definition) is 6. The highest BCUT2D eigenvalue weighted by Crippen LogP contribution is 2.30. The van der Waals surface area contributed by atoms with Crippen LogP contribution in [0.2, 0.25) is 5.02 Å². The molecule has 0 aliphatic rings. The number of carbonyl (C=O) groups excluding carboxylic acids is 1. The lowest BCUT2D eigenvalue weighted by molar-refractivity contribution is 0.102. The number of halogens is 1. The number of anilines is 1. The first-order valence-electron chi connectivity index (χ1n) is 7.59. The molecule has 0 saturated carbocycles. The smallest absolute Gasteiger partial charge is 0.261 e. The molecule has 4 aromatic rings. The van der Waals surface area contributed by atoms with Crippen molar-refractivity contribution in [2.24, 2.45) is 0 Å². The fourth-order valence-corrected chi connectivity index (χ4v) is 3.33. The molecule has 0 saturated heterocycles. The van der Waals surface area contributed by atoms with Crippen molar-refractivity contribution in [1.82, 2.24) is 15.2 Å². The minimum Gasteiger partial charge on any atom is -0.505 e. The molecule has 0 unspecified atom stereocenters. The number of aromatic hydroxyl groups is 1. The van der Waals surface area contributed by atoms with E-state index in [1.807, 2.05) is 18.2 Å². The van der Waals surface area contributed by atoms with E-state index in [4.69, 9.17) is 11.6 Å². The van der Waals surface area contributed by atoms with Crippen LogP contribution in [0.25, 0.3) is 21.5 Å². The fraction of sp³-hybridized carbons (Fsp3) is 0. The number of nitrogens with one attached hydrogen (secondary N) is 1. The van der Waals surface area contributed by atoms with Crippen molar-refractivity contribution in [2.75, 3.05) is 5.32 Å². The molecule has 6 nitrogen and oxygen atoms in total. The summed E-state index contributed by atoms with van der Waals surface area (Å²) < 4.78 is 0. The summed E-state index contributed by atoms with van der Waals surface area (Å²) in [6, 6.07) is 14.0. The van der Waals surface area contributed by atoms with Gasteiger partial charge in [-0.15, -0.1) is 10.2 Å². The second kappa shape index (κ2) is 6.70. The van der Waals surface area contributed by atoms with Gasteiger partial charge in [0.2, 0.25) is 5.13 Å². The van der Waals surface area contributed by atoms with Crippen LogP contribution in [-0.4, -0.2) is 26.2 Å². The van der Waals surface area contributed by atoms with Gasteiger partial charge in [-0.3, -0.25) is 15.1 Å². The van der Waals surface area contributed by atoms with E-state index in [1.165, 1.54) is 11.3 Å². The van der Waals surface area contributed by atoms with E-state index in [2.05, 4.69) is 20.5 Å². The van der Waals surface area contributed by atoms with Gasteiger partial charge in [-0.1, -0.05) is 47.2 Å². The molecule has 4 rings (SSSR count). The molecule has 1 amide bonds. The van der Waals surface area contributed by atoms with E-state index in [-0.39, 0.29) is 11.3 Å². The van der Waals surface area contributed by atoms with Gasteiger partial charge < -0.3 is 5.11 Å². The summed E-state index contributed by atoms with van der Waals surface area (Å²) in [5.41, 5.74) is 1.35. The van der Waals surface area contributed by atoms with Gasteiger partial charge in [-0.2, -0.15) is 0 Å². The third-order valence-electron chi connectivity index (χ3n) is 3.73. The van der Waals surface area contributed by atoms with Crippen molar-refractivity contribution >= 4 is 44.9 Å². The average Bonchev–Trinajstić information content (AvgIpc) is 3.11. The molecule has 0 aliphatic carbocycles. The van der Waals surface area contributed by atoms with Crippen LogP contribution in [0.3, 0.4) is 0 Å². The van der Waals surface area contributed by atoms with Gasteiger partial charge in [0.05, 0.1) is 5.56 Å². The molecule has 8 heteroatoms. The van der Waals surface area contributed by atoms with Crippen molar-refractivity contribution in [3.63, 3.8) is 0 Å². The molecular weight excluding hydrogens is 372 g/mol. The first kappa shape index (κ1) is 16.4. The van der Waals surface area contributed by atoms with Gasteiger partial charge in [0.25, 0.3) is 5.91 Å². The monoisotopic (exact) mass is 382 g/mol. The van der Waals surface area contributed by atoms with Gasteiger partial charge in [-0.25, -0.2) is 0 Å². The van der Waals surface area contributed by atoms with Crippen LogP contribution in [0.1, 0.15) is 10.4 Å². The summed E-state index contributed by atoms with van der Waals surface area (Å²) in [6.07, 6.45) is 1.56. The molecule has 0 radical (unpaired) electrons. The van der Waals surface area contributed by atoms with E-state index >= 15 is 0 Å². The predicted octanol–water partition coefficient (Wildman–Crippen LogP) is 4.36. The highest BCUT2D eigenvalue weighted by molar-refractivity contribution is 7.18. The molecule has 128 valence electrons. The Labute approximate surface area is 157 Å². The van der Waals surface area contributed by atoms with Gasteiger partial charge >= 0.3 is 0 Å². The summed E-state index contributed by atoms with van der Waals surface area (Å²) in [5.74, 6) is -0.642. The summed E-state index contributed by atoms with van der Waals surface area (Å²) in [6.45, 7) is 0. The highest BCUT2D eigenvalue weighted by Gasteiger charge is 2.17. The number of nitrogens with zero attached hydrogens (tertiary/aromatic N) is 3. The number of hydrogen-bond donors (Lipinski definition) is 2. The van der Waals surface area contributed by atoms with Crippen molar-refractivity contribution in [3.8, 4) is 16.3 Å². The van der Waals surface area contributed by atoms with Gasteiger partial charge in [-0.05, 0) is 24.3 Å². The number of pyridine rings is 1. The Kier molecular flexibility index (Phi) is 4.24. The molecule has 26 heavy (non-hydrogen) atoms. The third kappa shape index (κ3) is 3.10. The lowest BCUT2D eigenvalue weighted by Crippen LogP contribution is -2.12. The standard InChI is InChI=1S/C18H11ClN4O2S/c19-12-6-3-11(4-7-12)17-22-23-18(26-17)21-16(25)13-8-5-10-2-1-9-20-14(10)15(13)24/h1-9,24H,(H,21,23,25). The average molecular weight is 383 g/mol. The molecule has 2 N–H and O–H groups in total. The van der Waals surface area contributed by atoms with Crippen LogP contribution in [0.5, 0.6) is 5.75 Å². The van der Waals surface area contributed by atoms with Crippen molar-refractivity contribution in [1.29, 1.82) is 0 Å². The van der Waals surface area contributed by atoms with Crippen molar-refractivity contribution in [2.45, 2.75) is 0 Å². The Balaban J connectivity index is 1.59. The summed E-state index contributed by atoms with van der Waals surface area (Å²) in [7, 11) is 0. The van der Waals surface area contributed by atoms with E-state index in [9.17, 15) is 9.90 Å². The molecule has 2 aromatic carbocycles. The maximum Gasteiger partial charge on any atom is 0.261 e. The molecule has 2 heterocycles. The minimum atomic E-state index is -0.478. The number of rotatable bonds is 3. The largest absolute Gasteiger partial charge is 0.505 e.